The van der Waals surface area contributed by atoms with E-state index in [1.165, 1.54) is 6.20 Å². The zero-order valence-electron chi connectivity index (χ0n) is 5.71. The van der Waals surface area contributed by atoms with E-state index in [4.69, 9.17) is 11.5 Å². The lowest BCUT2D eigenvalue weighted by atomic mass is 10.6. The van der Waals surface area contributed by atoms with Crippen molar-refractivity contribution in [2.24, 2.45) is 5.73 Å². The van der Waals surface area contributed by atoms with Crippen LogP contribution in [0.1, 0.15) is 0 Å². The van der Waals surface area contributed by atoms with Gasteiger partial charge in [0.15, 0.2) is 11.6 Å². The van der Waals surface area contributed by atoms with E-state index in [0.29, 0.717) is 16.2 Å². The number of nitrogen functional groups attached to an aromatic ring is 1. The number of rotatable bonds is 2. The highest BCUT2D eigenvalue weighted by molar-refractivity contribution is 9.10. The lowest BCUT2D eigenvalue weighted by Gasteiger charge is -2.03. The van der Waals surface area contributed by atoms with Crippen molar-refractivity contribution in [3.63, 3.8) is 0 Å². The Labute approximate surface area is 72.3 Å². The van der Waals surface area contributed by atoms with E-state index in [1.807, 2.05) is 0 Å². The van der Waals surface area contributed by atoms with Crippen molar-refractivity contribution < 1.29 is 0 Å². The number of hydrogen-bond donors (Lipinski definition) is 3. The van der Waals surface area contributed by atoms with Crippen molar-refractivity contribution in [2.45, 2.75) is 0 Å². The average molecular weight is 218 g/mol. The summed E-state index contributed by atoms with van der Waals surface area (Å²) in [7, 11) is 0. The maximum atomic E-state index is 5.46. The van der Waals surface area contributed by atoms with Crippen LogP contribution >= 0.6 is 15.9 Å². The van der Waals surface area contributed by atoms with Crippen molar-refractivity contribution in [3.8, 4) is 0 Å². The molecule has 0 saturated heterocycles. The molecule has 0 fully saturated rings. The fraction of sp³-hybridized carbons (Fsp3) is 0.200. The molecule has 0 aliphatic rings. The van der Waals surface area contributed by atoms with Crippen LogP contribution in [-0.2, 0) is 0 Å². The Morgan fingerprint density at radius 1 is 1.64 bits per heavy atom. The van der Waals surface area contributed by atoms with E-state index in [1.54, 1.807) is 0 Å². The van der Waals surface area contributed by atoms with Gasteiger partial charge < -0.3 is 16.8 Å². The van der Waals surface area contributed by atoms with E-state index in [0.717, 1.165) is 0 Å². The number of nitrogens with one attached hydrogen (secondary N) is 1. The van der Waals surface area contributed by atoms with Gasteiger partial charge in [-0.3, -0.25) is 0 Å². The summed E-state index contributed by atoms with van der Waals surface area (Å²) in [4.78, 5) is 7.85. The summed E-state index contributed by atoms with van der Waals surface area (Å²) in [6, 6.07) is 0. The largest absolute Gasteiger partial charge is 0.381 e. The molecule has 0 aliphatic heterocycles. The predicted molar refractivity (Wildman–Crippen MR) is 46.8 cm³/mol. The fourth-order valence-corrected chi connectivity index (χ4v) is 0.883. The molecule has 0 unspecified atom stereocenters. The molecule has 0 saturated carbocycles. The number of halogens is 1. The second-order valence-electron chi connectivity index (χ2n) is 1.81. The molecule has 0 radical (unpaired) electrons. The first kappa shape index (κ1) is 8.22. The normalized spacial score (nSPS) is 9.64. The number of aromatic nitrogens is 2. The second-order valence-corrected chi connectivity index (χ2v) is 2.62. The quantitative estimate of drug-likeness (QED) is 0.614. The standard InChI is InChI=1S/C5H8BrN5/c6-3-1-9-4(8)5(11-3)10-2-7/h1H,2,7H2,(H2,8,9)(H,10,11). The summed E-state index contributed by atoms with van der Waals surface area (Å²) in [6.07, 6.45) is 1.52. The van der Waals surface area contributed by atoms with Crippen molar-refractivity contribution in [1.82, 2.24) is 9.97 Å². The molecule has 0 aromatic carbocycles. The van der Waals surface area contributed by atoms with E-state index < -0.39 is 0 Å². The molecule has 0 atom stereocenters. The Hall–Kier alpha value is -0.880. The van der Waals surface area contributed by atoms with Crippen LogP contribution in [0, 0.1) is 0 Å². The van der Waals surface area contributed by atoms with Gasteiger partial charge in [0, 0.05) is 0 Å². The van der Waals surface area contributed by atoms with E-state index >= 15 is 0 Å². The van der Waals surface area contributed by atoms with Gasteiger partial charge >= 0.3 is 0 Å². The molecule has 0 bridgehead atoms. The summed E-state index contributed by atoms with van der Waals surface area (Å²) in [5.41, 5.74) is 10.7. The van der Waals surface area contributed by atoms with Gasteiger partial charge in [-0.15, -0.1) is 0 Å². The minimum atomic E-state index is 0.287. The third kappa shape index (κ3) is 2.02. The molecule has 6 heteroatoms. The minimum absolute atomic E-state index is 0.287. The average Bonchev–Trinajstić information content (AvgIpc) is 1.98. The van der Waals surface area contributed by atoms with E-state index in [9.17, 15) is 0 Å². The SMILES string of the molecule is NCNc1nc(Br)cnc1N. The Morgan fingerprint density at radius 3 is 3.00 bits per heavy atom. The van der Waals surface area contributed by atoms with Gasteiger partial charge in [-0.1, -0.05) is 0 Å². The number of nitrogens with two attached hydrogens (primary N) is 2. The molecular formula is C5H8BrN5. The molecule has 1 heterocycles. The molecule has 0 amide bonds. The molecule has 1 aromatic heterocycles. The monoisotopic (exact) mass is 217 g/mol. The van der Waals surface area contributed by atoms with Gasteiger partial charge in [0.05, 0.1) is 12.9 Å². The van der Waals surface area contributed by atoms with Crippen LogP contribution in [0.3, 0.4) is 0 Å². The maximum Gasteiger partial charge on any atom is 0.171 e. The highest BCUT2D eigenvalue weighted by atomic mass is 79.9. The molecule has 11 heavy (non-hydrogen) atoms. The lowest BCUT2D eigenvalue weighted by molar-refractivity contribution is 1.08. The third-order valence-electron chi connectivity index (χ3n) is 1.04. The Balaban J connectivity index is 2.93. The summed E-state index contributed by atoms with van der Waals surface area (Å²) in [5, 5.41) is 2.77. The van der Waals surface area contributed by atoms with Crippen LogP contribution in [0.2, 0.25) is 0 Å². The van der Waals surface area contributed by atoms with Crippen molar-refractivity contribution in [2.75, 3.05) is 17.7 Å². The topological polar surface area (TPSA) is 89.8 Å². The maximum absolute atomic E-state index is 5.46. The minimum Gasteiger partial charge on any atom is -0.381 e. The molecule has 5 N–H and O–H groups in total. The number of anilines is 2. The van der Waals surface area contributed by atoms with Crippen LogP contribution < -0.4 is 16.8 Å². The Bertz CT molecular complexity index is 251. The summed E-state index contributed by atoms with van der Waals surface area (Å²) >= 11 is 3.16. The van der Waals surface area contributed by atoms with Crippen LogP contribution in [0.5, 0.6) is 0 Å². The van der Waals surface area contributed by atoms with Gasteiger partial charge in [-0.2, -0.15) is 0 Å². The molecular weight excluding hydrogens is 210 g/mol. The van der Waals surface area contributed by atoms with Crippen molar-refractivity contribution in [3.05, 3.63) is 10.8 Å². The Morgan fingerprint density at radius 2 is 2.36 bits per heavy atom. The first-order valence-electron chi connectivity index (χ1n) is 2.96. The first-order valence-corrected chi connectivity index (χ1v) is 3.75. The van der Waals surface area contributed by atoms with Gasteiger partial charge in [-0.25, -0.2) is 9.97 Å². The van der Waals surface area contributed by atoms with Crippen LogP contribution in [0.4, 0.5) is 11.6 Å². The van der Waals surface area contributed by atoms with Crippen LogP contribution in [0.15, 0.2) is 10.8 Å². The highest BCUT2D eigenvalue weighted by Crippen LogP contribution is 2.14. The number of nitrogens with zero attached hydrogens (tertiary/aromatic N) is 2. The number of hydrogen-bond acceptors (Lipinski definition) is 5. The lowest BCUT2D eigenvalue weighted by Crippen LogP contribution is -2.14. The van der Waals surface area contributed by atoms with Gasteiger partial charge in [0.25, 0.3) is 0 Å². The van der Waals surface area contributed by atoms with Gasteiger partial charge in [0.1, 0.15) is 4.60 Å². The highest BCUT2D eigenvalue weighted by Gasteiger charge is 1.99. The van der Waals surface area contributed by atoms with Crippen molar-refractivity contribution in [1.29, 1.82) is 0 Å². The molecule has 1 aromatic rings. The second kappa shape index (κ2) is 3.49. The first-order chi connectivity index (χ1) is 5.24. The zero-order chi connectivity index (χ0) is 8.27. The van der Waals surface area contributed by atoms with E-state index in [-0.39, 0.29) is 6.67 Å². The van der Waals surface area contributed by atoms with Crippen molar-refractivity contribution >= 4 is 27.6 Å². The van der Waals surface area contributed by atoms with Gasteiger partial charge in [-0.05, 0) is 15.9 Å². The molecule has 0 aliphatic carbocycles. The molecule has 1 rings (SSSR count). The predicted octanol–water partition coefficient (Wildman–Crippen LogP) is 0.149. The van der Waals surface area contributed by atoms with E-state index in [2.05, 4.69) is 31.2 Å². The smallest absolute Gasteiger partial charge is 0.171 e. The zero-order valence-corrected chi connectivity index (χ0v) is 7.30. The third-order valence-corrected chi connectivity index (χ3v) is 1.42. The molecule has 5 nitrogen and oxygen atoms in total. The Kier molecular flexibility index (Phi) is 2.61. The van der Waals surface area contributed by atoms with Crippen LogP contribution in [0.25, 0.3) is 0 Å². The summed E-state index contributed by atoms with van der Waals surface area (Å²) in [5.74, 6) is 0.848. The van der Waals surface area contributed by atoms with Gasteiger partial charge in [0.2, 0.25) is 0 Å². The molecule has 0 spiro atoms. The fourth-order valence-electron chi connectivity index (χ4n) is 0.604. The molecule has 60 valence electrons. The summed E-state index contributed by atoms with van der Waals surface area (Å²) in [6.45, 7) is 0.287. The summed E-state index contributed by atoms with van der Waals surface area (Å²) < 4.78 is 0.627. The van der Waals surface area contributed by atoms with Crippen LogP contribution in [-0.4, -0.2) is 16.6 Å².